The van der Waals surface area contributed by atoms with E-state index < -0.39 is 0 Å². The molecule has 1 aliphatic heterocycles. The van der Waals surface area contributed by atoms with Crippen molar-refractivity contribution in [3.05, 3.63) is 11.4 Å². The number of ketones is 1. The van der Waals surface area contributed by atoms with Gasteiger partial charge < -0.3 is 14.4 Å². The third-order valence-corrected chi connectivity index (χ3v) is 3.49. The van der Waals surface area contributed by atoms with Crippen molar-refractivity contribution >= 4 is 11.7 Å². The molecule has 10 heteroatoms. The Kier molecular flexibility index (Phi) is 4.15. The van der Waals surface area contributed by atoms with Gasteiger partial charge in [0.1, 0.15) is 0 Å². The summed E-state index contributed by atoms with van der Waals surface area (Å²) < 4.78 is 11.9. The second-order valence-corrected chi connectivity index (χ2v) is 5.01. The van der Waals surface area contributed by atoms with Crippen molar-refractivity contribution < 1.29 is 14.3 Å². The molecule has 3 heterocycles. The smallest absolute Gasteiger partial charge is 0.322 e. The second-order valence-electron chi connectivity index (χ2n) is 5.01. The fourth-order valence-electron chi connectivity index (χ4n) is 2.27. The van der Waals surface area contributed by atoms with Crippen LogP contribution in [0.25, 0.3) is 5.95 Å². The van der Waals surface area contributed by atoms with Crippen molar-refractivity contribution in [2.45, 2.75) is 13.8 Å². The molecule has 0 atom stereocenters. The van der Waals surface area contributed by atoms with Crippen LogP contribution in [0.2, 0.25) is 0 Å². The molecule has 23 heavy (non-hydrogen) atoms. The number of aromatic nitrogens is 6. The Bertz CT molecular complexity index is 724. The van der Waals surface area contributed by atoms with Crippen LogP contribution in [0, 0.1) is 6.92 Å². The molecule has 0 spiro atoms. The molecule has 0 bridgehead atoms. The Labute approximate surface area is 132 Å². The maximum absolute atomic E-state index is 11.5. The number of nitrogens with zero attached hydrogens (tertiary/aromatic N) is 7. The standard InChI is InChI=1S/C13H17N7O3/c1-8-10(9(2)21)17-18-20(8)12-14-11(15-13(16-12)22-3)19-4-6-23-7-5-19/h4-7H2,1-3H3. The first-order chi connectivity index (χ1) is 11.1. The Balaban J connectivity index is 2.03. The first kappa shape index (κ1) is 15.3. The molecule has 2 aromatic heterocycles. The van der Waals surface area contributed by atoms with Crippen LogP contribution in [0.1, 0.15) is 23.1 Å². The minimum Gasteiger partial charge on any atom is -0.467 e. The van der Waals surface area contributed by atoms with Crippen LogP contribution in [-0.4, -0.2) is 69.1 Å². The maximum atomic E-state index is 11.5. The second kappa shape index (κ2) is 6.24. The summed E-state index contributed by atoms with van der Waals surface area (Å²) in [5.41, 5.74) is 0.857. The molecule has 0 aliphatic carbocycles. The number of hydrogen-bond donors (Lipinski definition) is 0. The summed E-state index contributed by atoms with van der Waals surface area (Å²) in [6, 6.07) is 0.177. The zero-order valence-electron chi connectivity index (χ0n) is 13.2. The van der Waals surface area contributed by atoms with Crippen molar-refractivity contribution in [2.24, 2.45) is 0 Å². The number of carbonyl (C=O) groups excluding carboxylic acids is 1. The minimum absolute atomic E-state index is 0.164. The van der Waals surface area contributed by atoms with Crippen molar-refractivity contribution in [1.82, 2.24) is 29.9 Å². The van der Waals surface area contributed by atoms with E-state index in [-0.39, 0.29) is 23.4 Å². The largest absolute Gasteiger partial charge is 0.467 e. The molecule has 1 saturated heterocycles. The molecule has 0 aromatic carbocycles. The molecule has 0 radical (unpaired) electrons. The van der Waals surface area contributed by atoms with Crippen molar-refractivity contribution in [3.8, 4) is 12.0 Å². The predicted molar refractivity (Wildman–Crippen MR) is 79.1 cm³/mol. The number of Topliss-reactive ketones (excluding diaryl/α,β-unsaturated/α-hetero) is 1. The zero-order valence-corrected chi connectivity index (χ0v) is 13.2. The molecule has 10 nitrogen and oxygen atoms in total. The Morgan fingerprint density at radius 2 is 1.87 bits per heavy atom. The first-order valence-corrected chi connectivity index (χ1v) is 7.16. The van der Waals surface area contributed by atoms with E-state index in [0.717, 1.165) is 0 Å². The first-order valence-electron chi connectivity index (χ1n) is 7.16. The van der Waals surface area contributed by atoms with E-state index in [0.29, 0.717) is 37.9 Å². The lowest BCUT2D eigenvalue weighted by Gasteiger charge is -2.26. The lowest BCUT2D eigenvalue weighted by Crippen LogP contribution is -2.37. The highest BCUT2D eigenvalue weighted by Gasteiger charge is 2.20. The van der Waals surface area contributed by atoms with Gasteiger partial charge in [0.05, 0.1) is 26.0 Å². The number of anilines is 1. The van der Waals surface area contributed by atoms with Gasteiger partial charge in [-0.3, -0.25) is 4.79 Å². The van der Waals surface area contributed by atoms with Crippen LogP contribution >= 0.6 is 0 Å². The van der Waals surface area contributed by atoms with Crippen LogP contribution in [0.15, 0.2) is 0 Å². The Morgan fingerprint density at radius 1 is 1.17 bits per heavy atom. The summed E-state index contributed by atoms with van der Waals surface area (Å²) >= 11 is 0. The molecule has 0 saturated carbocycles. The van der Waals surface area contributed by atoms with Crippen LogP contribution < -0.4 is 9.64 Å². The SMILES string of the molecule is COc1nc(N2CCOCC2)nc(-n2nnc(C(C)=O)c2C)n1. The van der Waals surface area contributed by atoms with E-state index in [9.17, 15) is 4.79 Å². The molecule has 3 rings (SSSR count). The van der Waals surface area contributed by atoms with E-state index in [4.69, 9.17) is 9.47 Å². The Hall–Kier alpha value is -2.62. The van der Waals surface area contributed by atoms with Gasteiger partial charge in [-0.25, -0.2) is 0 Å². The van der Waals surface area contributed by atoms with E-state index in [1.165, 1.54) is 18.7 Å². The summed E-state index contributed by atoms with van der Waals surface area (Å²) in [5.74, 6) is 0.577. The number of rotatable bonds is 4. The third-order valence-electron chi connectivity index (χ3n) is 3.49. The number of methoxy groups -OCH3 is 1. The number of morpholine rings is 1. The van der Waals surface area contributed by atoms with Gasteiger partial charge in [-0.05, 0) is 6.92 Å². The zero-order chi connectivity index (χ0) is 16.4. The molecular weight excluding hydrogens is 302 g/mol. The summed E-state index contributed by atoms with van der Waals surface area (Å²) in [5, 5.41) is 7.84. The van der Waals surface area contributed by atoms with Gasteiger partial charge in [0.25, 0.3) is 5.95 Å². The average Bonchev–Trinajstić information content (AvgIpc) is 2.97. The summed E-state index contributed by atoms with van der Waals surface area (Å²) in [7, 11) is 1.48. The molecule has 0 unspecified atom stereocenters. The number of carbonyl (C=O) groups is 1. The fraction of sp³-hybridized carbons (Fsp3) is 0.538. The molecule has 2 aromatic rings. The van der Waals surface area contributed by atoms with Gasteiger partial charge in [-0.1, -0.05) is 5.21 Å². The Morgan fingerprint density at radius 3 is 2.48 bits per heavy atom. The highest BCUT2D eigenvalue weighted by molar-refractivity contribution is 5.93. The number of hydrogen-bond acceptors (Lipinski definition) is 9. The van der Waals surface area contributed by atoms with Crippen molar-refractivity contribution in [3.63, 3.8) is 0 Å². The quantitative estimate of drug-likeness (QED) is 0.708. The molecule has 122 valence electrons. The van der Waals surface area contributed by atoms with Crippen LogP contribution in [0.4, 0.5) is 5.95 Å². The molecule has 0 N–H and O–H groups in total. The van der Waals surface area contributed by atoms with Gasteiger partial charge in [-0.2, -0.15) is 19.6 Å². The predicted octanol–water partition coefficient (Wildman–Crippen LogP) is -0.191. The van der Waals surface area contributed by atoms with Crippen LogP contribution in [0.3, 0.4) is 0 Å². The van der Waals surface area contributed by atoms with Gasteiger partial charge in [-0.15, -0.1) is 5.10 Å². The lowest BCUT2D eigenvalue weighted by atomic mass is 10.2. The van der Waals surface area contributed by atoms with Gasteiger partial charge >= 0.3 is 6.01 Å². The normalized spacial score (nSPS) is 14.8. The summed E-state index contributed by atoms with van der Waals surface area (Å²) in [6.07, 6.45) is 0. The van der Waals surface area contributed by atoms with E-state index in [1.807, 2.05) is 4.90 Å². The lowest BCUT2D eigenvalue weighted by molar-refractivity contribution is 0.101. The van der Waals surface area contributed by atoms with Gasteiger partial charge in [0.15, 0.2) is 11.5 Å². The molecule has 1 aliphatic rings. The third kappa shape index (κ3) is 2.97. The van der Waals surface area contributed by atoms with Crippen LogP contribution in [-0.2, 0) is 4.74 Å². The maximum Gasteiger partial charge on any atom is 0.322 e. The van der Waals surface area contributed by atoms with E-state index >= 15 is 0 Å². The molecule has 0 amide bonds. The summed E-state index contributed by atoms with van der Waals surface area (Å²) in [4.78, 5) is 26.4. The topological polar surface area (TPSA) is 108 Å². The fourth-order valence-corrected chi connectivity index (χ4v) is 2.27. The van der Waals surface area contributed by atoms with E-state index in [1.54, 1.807) is 6.92 Å². The van der Waals surface area contributed by atoms with E-state index in [2.05, 4.69) is 25.3 Å². The van der Waals surface area contributed by atoms with Crippen molar-refractivity contribution in [1.29, 1.82) is 0 Å². The highest BCUT2D eigenvalue weighted by Crippen LogP contribution is 2.17. The number of ether oxygens (including phenoxy) is 2. The molecule has 1 fully saturated rings. The minimum atomic E-state index is -0.164. The van der Waals surface area contributed by atoms with Gasteiger partial charge in [0, 0.05) is 20.0 Å². The average molecular weight is 319 g/mol. The monoisotopic (exact) mass is 319 g/mol. The highest BCUT2D eigenvalue weighted by atomic mass is 16.5. The van der Waals surface area contributed by atoms with Gasteiger partial charge in [0.2, 0.25) is 5.95 Å². The summed E-state index contributed by atoms with van der Waals surface area (Å²) in [6.45, 7) is 5.76. The van der Waals surface area contributed by atoms with Crippen molar-refractivity contribution in [2.75, 3.05) is 38.3 Å². The van der Waals surface area contributed by atoms with Crippen LogP contribution in [0.5, 0.6) is 6.01 Å². The molecular formula is C13H17N7O3.